The Bertz CT molecular complexity index is 323. The molecule has 6 nitrogen and oxygen atoms in total. The van der Waals surface area contributed by atoms with Crippen molar-refractivity contribution in [3.8, 4) is 0 Å². The van der Waals surface area contributed by atoms with Gasteiger partial charge in [-0.15, -0.1) is 0 Å². The maximum Gasteiger partial charge on any atom is 0.317 e. The molecule has 2 N–H and O–H groups in total. The highest BCUT2D eigenvalue weighted by atomic mass is 16.4. The fraction of sp³-hybridized carbons (Fsp3) is 0.857. The van der Waals surface area contributed by atoms with Crippen LogP contribution in [-0.4, -0.2) is 65.7 Å². The van der Waals surface area contributed by atoms with Crippen molar-refractivity contribution in [1.82, 2.24) is 15.1 Å². The number of unbranched alkanes of at least 4 members (excludes halogenated alkanes) is 2. The smallest absolute Gasteiger partial charge is 0.317 e. The van der Waals surface area contributed by atoms with Gasteiger partial charge in [0.1, 0.15) is 0 Å². The Hall–Kier alpha value is -1.30. The minimum Gasteiger partial charge on any atom is -0.481 e. The molecule has 1 atom stereocenters. The molecular formula is C14H27N3O3. The molecule has 0 spiro atoms. The molecule has 20 heavy (non-hydrogen) atoms. The van der Waals surface area contributed by atoms with E-state index < -0.39 is 5.97 Å². The first-order valence-corrected chi connectivity index (χ1v) is 7.53. The highest BCUT2D eigenvalue weighted by Crippen LogP contribution is 2.09. The lowest BCUT2D eigenvalue weighted by Gasteiger charge is -2.39. The maximum atomic E-state index is 12.0. The highest BCUT2D eigenvalue weighted by molar-refractivity contribution is 5.74. The summed E-state index contributed by atoms with van der Waals surface area (Å²) in [6.07, 6.45) is 2.57. The number of likely N-dealkylation sites (N-methyl/N-ethyl adjacent to an activating group) is 1. The Morgan fingerprint density at radius 2 is 2.00 bits per heavy atom. The summed E-state index contributed by atoms with van der Waals surface area (Å²) < 4.78 is 0. The van der Waals surface area contributed by atoms with Gasteiger partial charge in [-0.2, -0.15) is 0 Å². The number of urea groups is 1. The molecule has 1 aliphatic heterocycles. The third kappa shape index (κ3) is 5.77. The van der Waals surface area contributed by atoms with Crippen molar-refractivity contribution in [2.75, 3.05) is 32.7 Å². The molecule has 0 radical (unpaired) electrons. The number of carboxylic acids is 1. The van der Waals surface area contributed by atoms with Crippen LogP contribution in [0.1, 0.15) is 39.5 Å². The molecular weight excluding hydrogens is 258 g/mol. The Kier molecular flexibility index (Phi) is 7.36. The Morgan fingerprint density at radius 1 is 1.25 bits per heavy atom. The van der Waals surface area contributed by atoms with E-state index in [1.54, 1.807) is 0 Å². The zero-order chi connectivity index (χ0) is 15.0. The number of aliphatic carboxylic acids is 1. The molecule has 0 saturated carbocycles. The molecule has 0 aromatic rings. The summed E-state index contributed by atoms with van der Waals surface area (Å²) in [5, 5.41) is 11.4. The summed E-state index contributed by atoms with van der Waals surface area (Å²) in [4.78, 5) is 26.6. The van der Waals surface area contributed by atoms with Crippen LogP contribution in [0.2, 0.25) is 0 Å². The van der Waals surface area contributed by atoms with Crippen molar-refractivity contribution in [2.24, 2.45) is 0 Å². The zero-order valence-corrected chi connectivity index (χ0v) is 12.6. The first-order valence-electron chi connectivity index (χ1n) is 7.53. The van der Waals surface area contributed by atoms with Gasteiger partial charge >= 0.3 is 12.0 Å². The van der Waals surface area contributed by atoms with E-state index in [1.807, 2.05) is 4.90 Å². The summed E-state index contributed by atoms with van der Waals surface area (Å²) in [7, 11) is 0. The highest BCUT2D eigenvalue weighted by Gasteiger charge is 2.25. The molecule has 1 heterocycles. The SMILES string of the molecule is CCN1CCN(C(=O)NCCCCCC(=O)O)CC1C. The molecule has 6 heteroatoms. The van der Waals surface area contributed by atoms with E-state index in [4.69, 9.17) is 5.11 Å². The number of piperazine rings is 1. The standard InChI is InChI=1S/C14H27N3O3/c1-3-16-9-10-17(11-12(16)2)14(20)15-8-6-4-5-7-13(18)19/h12H,3-11H2,1-2H3,(H,15,20)(H,18,19). The third-order valence-electron chi connectivity index (χ3n) is 3.80. The van der Waals surface area contributed by atoms with Crippen molar-refractivity contribution < 1.29 is 14.7 Å². The molecule has 0 bridgehead atoms. The van der Waals surface area contributed by atoms with E-state index in [1.165, 1.54) is 0 Å². The minimum atomic E-state index is -0.753. The summed E-state index contributed by atoms with van der Waals surface area (Å²) in [5.74, 6) is -0.753. The number of nitrogens with one attached hydrogen (secondary N) is 1. The average Bonchev–Trinajstić information content (AvgIpc) is 2.42. The first-order chi connectivity index (χ1) is 9.54. The number of nitrogens with zero attached hydrogens (tertiary/aromatic N) is 2. The second-order valence-electron chi connectivity index (χ2n) is 5.36. The molecule has 0 aromatic heterocycles. The van der Waals surface area contributed by atoms with Gasteiger partial charge in [0.2, 0.25) is 0 Å². The zero-order valence-electron chi connectivity index (χ0n) is 12.6. The fourth-order valence-electron chi connectivity index (χ4n) is 2.53. The largest absolute Gasteiger partial charge is 0.481 e. The molecule has 116 valence electrons. The van der Waals surface area contributed by atoms with Crippen LogP contribution in [0.4, 0.5) is 4.79 Å². The lowest BCUT2D eigenvalue weighted by atomic mass is 10.2. The minimum absolute atomic E-state index is 0.00541. The summed E-state index contributed by atoms with van der Waals surface area (Å²) in [5.41, 5.74) is 0. The van der Waals surface area contributed by atoms with E-state index in [0.29, 0.717) is 19.0 Å². The normalized spacial score (nSPS) is 19.9. The topological polar surface area (TPSA) is 72.9 Å². The van der Waals surface area contributed by atoms with Gasteiger partial charge in [0.15, 0.2) is 0 Å². The van der Waals surface area contributed by atoms with E-state index in [2.05, 4.69) is 24.1 Å². The number of hydrogen-bond acceptors (Lipinski definition) is 3. The van der Waals surface area contributed by atoms with Gasteiger partial charge < -0.3 is 15.3 Å². The molecule has 1 aliphatic rings. The van der Waals surface area contributed by atoms with Crippen LogP contribution in [0, 0.1) is 0 Å². The second-order valence-corrected chi connectivity index (χ2v) is 5.36. The van der Waals surface area contributed by atoms with Crippen LogP contribution in [0.3, 0.4) is 0 Å². The van der Waals surface area contributed by atoms with Crippen molar-refractivity contribution in [1.29, 1.82) is 0 Å². The summed E-state index contributed by atoms with van der Waals surface area (Å²) in [6.45, 7) is 8.44. The van der Waals surface area contributed by atoms with Crippen LogP contribution in [0.25, 0.3) is 0 Å². The Morgan fingerprint density at radius 3 is 2.60 bits per heavy atom. The van der Waals surface area contributed by atoms with E-state index in [-0.39, 0.29) is 12.5 Å². The van der Waals surface area contributed by atoms with Gasteiger partial charge in [-0.25, -0.2) is 4.79 Å². The molecule has 1 unspecified atom stereocenters. The number of carboxylic acid groups (broad SMARTS) is 1. The van der Waals surface area contributed by atoms with Gasteiger partial charge in [0.05, 0.1) is 0 Å². The Balaban J connectivity index is 2.12. The molecule has 2 amide bonds. The van der Waals surface area contributed by atoms with Crippen molar-refractivity contribution >= 4 is 12.0 Å². The van der Waals surface area contributed by atoms with Crippen LogP contribution in [0.5, 0.6) is 0 Å². The van der Waals surface area contributed by atoms with E-state index in [0.717, 1.165) is 39.0 Å². The number of hydrogen-bond donors (Lipinski definition) is 2. The molecule has 1 rings (SSSR count). The number of amides is 2. The first kappa shape index (κ1) is 16.8. The predicted molar refractivity (Wildman–Crippen MR) is 77.8 cm³/mol. The molecule has 1 fully saturated rings. The second kappa shape index (κ2) is 8.79. The predicted octanol–water partition coefficient (Wildman–Crippen LogP) is 1.37. The summed E-state index contributed by atoms with van der Waals surface area (Å²) >= 11 is 0. The van der Waals surface area contributed by atoms with Gasteiger partial charge in [0.25, 0.3) is 0 Å². The lowest BCUT2D eigenvalue weighted by Crippen LogP contribution is -2.55. The van der Waals surface area contributed by atoms with Gasteiger partial charge in [-0.3, -0.25) is 9.69 Å². The van der Waals surface area contributed by atoms with E-state index >= 15 is 0 Å². The van der Waals surface area contributed by atoms with Crippen LogP contribution < -0.4 is 5.32 Å². The van der Waals surface area contributed by atoms with Crippen LogP contribution in [0.15, 0.2) is 0 Å². The van der Waals surface area contributed by atoms with Gasteiger partial charge in [0, 0.05) is 38.6 Å². The van der Waals surface area contributed by atoms with Gasteiger partial charge in [-0.05, 0) is 26.3 Å². The third-order valence-corrected chi connectivity index (χ3v) is 3.80. The lowest BCUT2D eigenvalue weighted by molar-refractivity contribution is -0.137. The van der Waals surface area contributed by atoms with E-state index in [9.17, 15) is 9.59 Å². The Labute approximate surface area is 121 Å². The van der Waals surface area contributed by atoms with Crippen LogP contribution in [-0.2, 0) is 4.79 Å². The number of carbonyl (C=O) groups excluding carboxylic acids is 1. The maximum absolute atomic E-state index is 12.0. The molecule has 0 aliphatic carbocycles. The summed E-state index contributed by atoms with van der Waals surface area (Å²) in [6, 6.07) is 0.418. The molecule has 0 aromatic carbocycles. The average molecular weight is 285 g/mol. The van der Waals surface area contributed by atoms with Crippen molar-refractivity contribution in [3.63, 3.8) is 0 Å². The van der Waals surface area contributed by atoms with Gasteiger partial charge in [-0.1, -0.05) is 13.3 Å². The molecule has 1 saturated heterocycles. The number of carbonyl (C=O) groups is 2. The fourth-order valence-corrected chi connectivity index (χ4v) is 2.53. The quantitative estimate of drug-likeness (QED) is 0.693. The van der Waals surface area contributed by atoms with Crippen molar-refractivity contribution in [2.45, 2.75) is 45.6 Å². The monoisotopic (exact) mass is 285 g/mol. The van der Waals surface area contributed by atoms with Crippen molar-refractivity contribution in [3.05, 3.63) is 0 Å². The van der Waals surface area contributed by atoms with Crippen LogP contribution >= 0.6 is 0 Å². The number of rotatable bonds is 7.